The maximum atomic E-state index is 2.66. The molecule has 0 heterocycles. The minimum absolute atomic E-state index is 0.875. The van der Waals surface area contributed by atoms with Gasteiger partial charge < -0.3 is 0 Å². The van der Waals surface area contributed by atoms with Crippen molar-refractivity contribution in [3.8, 4) is 0 Å². The van der Waals surface area contributed by atoms with Gasteiger partial charge in [0.25, 0.3) is 0 Å². The van der Waals surface area contributed by atoms with Crippen LogP contribution in [0.15, 0.2) is 23.8 Å². The van der Waals surface area contributed by atoms with Crippen molar-refractivity contribution in [1.29, 1.82) is 0 Å². The Bertz CT molecular complexity index is 421. The van der Waals surface area contributed by atoms with E-state index in [1.54, 1.807) is 6.42 Å². The van der Waals surface area contributed by atoms with Crippen molar-refractivity contribution in [2.45, 2.75) is 72.6 Å². The topological polar surface area (TPSA) is 0 Å². The van der Waals surface area contributed by atoms with Crippen LogP contribution in [-0.2, 0) is 0 Å². The molecule has 2 saturated carbocycles. The van der Waals surface area contributed by atoms with Crippen LogP contribution in [0.1, 0.15) is 72.6 Å². The molecular weight excluding hydrogens is 264 g/mol. The molecule has 3 aliphatic carbocycles. The SMILES string of the molecule is CCC(CC)C1C=CCC2CC2CC2C(CC=C(C)C)CC12. The highest BCUT2D eigenvalue weighted by Crippen LogP contribution is 2.58. The van der Waals surface area contributed by atoms with E-state index in [-0.39, 0.29) is 0 Å². The molecule has 0 aromatic heterocycles. The van der Waals surface area contributed by atoms with Gasteiger partial charge in [0.1, 0.15) is 0 Å². The molecule has 22 heavy (non-hydrogen) atoms. The van der Waals surface area contributed by atoms with Crippen LogP contribution in [0.25, 0.3) is 0 Å². The second kappa shape index (κ2) is 6.93. The summed E-state index contributed by atoms with van der Waals surface area (Å²) in [6.45, 7) is 9.32. The lowest BCUT2D eigenvalue weighted by Gasteiger charge is -2.50. The standard InChI is InChI=1S/C22H36/c1-5-16(6-2)20-9-7-8-17-12-19(17)14-21-18(13-22(20)21)11-10-15(3)4/h7,9-10,16-22H,5-6,8,11-14H2,1-4H3. The van der Waals surface area contributed by atoms with Crippen LogP contribution in [0.3, 0.4) is 0 Å². The van der Waals surface area contributed by atoms with Crippen LogP contribution >= 0.6 is 0 Å². The normalized spacial score (nSPS) is 39.9. The van der Waals surface area contributed by atoms with Gasteiger partial charge in [-0.3, -0.25) is 0 Å². The Morgan fingerprint density at radius 3 is 2.50 bits per heavy atom. The van der Waals surface area contributed by atoms with E-state index in [4.69, 9.17) is 0 Å². The largest absolute Gasteiger partial charge is 0.0880 e. The predicted octanol–water partition coefficient (Wildman–Crippen LogP) is 6.63. The molecule has 6 atom stereocenters. The molecule has 3 aliphatic rings. The average molecular weight is 301 g/mol. The summed E-state index contributed by atoms with van der Waals surface area (Å²) in [6, 6.07) is 0. The van der Waals surface area contributed by atoms with Crippen molar-refractivity contribution < 1.29 is 0 Å². The second-order valence-electron chi connectivity index (χ2n) is 8.65. The summed E-state index contributed by atoms with van der Waals surface area (Å²) in [6.07, 6.45) is 17.7. The molecule has 0 aromatic rings. The molecule has 0 nitrogen and oxygen atoms in total. The third kappa shape index (κ3) is 3.36. The summed E-state index contributed by atoms with van der Waals surface area (Å²) in [5.41, 5.74) is 1.51. The number of allylic oxidation sites excluding steroid dienone is 4. The zero-order chi connectivity index (χ0) is 15.7. The summed E-state index contributed by atoms with van der Waals surface area (Å²) < 4.78 is 0. The van der Waals surface area contributed by atoms with Gasteiger partial charge in [-0.05, 0) is 87.4 Å². The highest BCUT2D eigenvalue weighted by atomic mass is 14.5. The highest BCUT2D eigenvalue weighted by molar-refractivity contribution is 5.09. The molecule has 0 aliphatic heterocycles. The molecule has 6 unspecified atom stereocenters. The van der Waals surface area contributed by atoms with Gasteiger partial charge in [-0.25, -0.2) is 0 Å². The Balaban J connectivity index is 1.74. The molecule has 124 valence electrons. The second-order valence-corrected chi connectivity index (χ2v) is 8.65. The maximum absolute atomic E-state index is 2.66. The van der Waals surface area contributed by atoms with E-state index in [9.17, 15) is 0 Å². The zero-order valence-electron chi connectivity index (χ0n) is 15.2. The summed E-state index contributed by atoms with van der Waals surface area (Å²) >= 11 is 0. The lowest BCUT2D eigenvalue weighted by molar-refractivity contribution is 0.00818. The van der Waals surface area contributed by atoms with Gasteiger partial charge in [-0.15, -0.1) is 0 Å². The highest BCUT2D eigenvalue weighted by Gasteiger charge is 2.49. The number of rotatable bonds is 5. The van der Waals surface area contributed by atoms with Gasteiger partial charge in [0, 0.05) is 0 Å². The van der Waals surface area contributed by atoms with Crippen LogP contribution in [0.4, 0.5) is 0 Å². The van der Waals surface area contributed by atoms with E-state index < -0.39 is 0 Å². The Hall–Kier alpha value is -0.520. The minimum Gasteiger partial charge on any atom is -0.0880 e. The molecule has 0 heteroatoms. The Morgan fingerprint density at radius 1 is 1.05 bits per heavy atom. The van der Waals surface area contributed by atoms with Crippen molar-refractivity contribution in [2.24, 2.45) is 41.4 Å². The molecule has 0 bridgehead atoms. The third-order valence-electron chi connectivity index (χ3n) is 7.09. The van der Waals surface area contributed by atoms with Crippen molar-refractivity contribution in [2.75, 3.05) is 0 Å². The van der Waals surface area contributed by atoms with Crippen molar-refractivity contribution in [3.63, 3.8) is 0 Å². The minimum atomic E-state index is 0.875. The quantitative estimate of drug-likeness (QED) is 0.500. The Morgan fingerprint density at radius 2 is 1.82 bits per heavy atom. The predicted molar refractivity (Wildman–Crippen MR) is 96.7 cm³/mol. The van der Waals surface area contributed by atoms with Gasteiger partial charge in [-0.1, -0.05) is 50.5 Å². The van der Waals surface area contributed by atoms with E-state index in [0.29, 0.717) is 0 Å². The lowest BCUT2D eigenvalue weighted by Crippen LogP contribution is -2.43. The summed E-state index contributed by atoms with van der Waals surface area (Å²) in [4.78, 5) is 0. The van der Waals surface area contributed by atoms with Gasteiger partial charge >= 0.3 is 0 Å². The van der Waals surface area contributed by atoms with Crippen LogP contribution in [0.2, 0.25) is 0 Å². The van der Waals surface area contributed by atoms with Crippen molar-refractivity contribution >= 4 is 0 Å². The first kappa shape index (κ1) is 16.3. The van der Waals surface area contributed by atoms with Gasteiger partial charge in [0.15, 0.2) is 0 Å². The lowest BCUT2D eigenvalue weighted by atomic mass is 9.55. The monoisotopic (exact) mass is 300 g/mol. The number of hydrogen-bond acceptors (Lipinski definition) is 0. The van der Waals surface area contributed by atoms with Crippen molar-refractivity contribution in [3.05, 3.63) is 23.8 Å². The van der Waals surface area contributed by atoms with E-state index in [0.717, 1.165) is 41.4 Å². The van der Waals surface area contributed by atoms with Crippen LogP contribution < -0.4 is 0 Å². The van der Waals surface area contributed by atoms with Crippen molar-refractivity contribution in [1.82, 2.24) is 0 Å². The van der Waals surface area contributed by atoms with E-state index >= 15 is 0 Å². The smallest absolute Gasteiger partial charge is 0.0174 e. The molecule has 0 saturated heterocycles. The molecule has 0 spiro atoms. The number of fused-ring (bicyclic) bond motifs is 2. The summed E-state index contributed by atoms with van der Waals surface area (Å²) in [5.74, 6) is 6.93. The van der Waals surface area contributed by atoms with E-state index in [1.807, 2.05) is 0 Å². The Labute approximate surface area is 138 Å². The zero-order valence-corrected chi connectivity index (χ0v) is 15.2. The fourth-order valence-corrected chi connectivity index (χ4v) is 5.45. The average Bonchev–Trinajstić information content (AvgIpc) is 3.21. The summed E-state index contributed by atoms with van der Waals surface area (Å²) in [5, 5.41) is 0. The molecule has 0 amide bonds. The first-order valence-electron chi connectivity index (χ1n) is 9.94. The first-order chi connectivity index (χ1) is 10.6. The fourth-order valence-electron chi connectivity index (χ4n) is 5.45. The van der Waals surface area contributed by atoms with E-state index in [1.165, 1.54) is 44.1 Å². The molecule has 3 rings (SSSR count). The van der Waals surface area contributed by atoms with Crippen LogP contribution in [0, 0.1) is 41.4 Å². The molecular formula is C22H36. The molecule has 0 N–H and O–H groups in total. The number of hydrogen-bond donors (Lipinski definition) is 0. The summed E-state index contributed by atoms with van der Waals surface area (Å²) in [7, 11) is 0. The fraction of sp³-hybridized carbons (Fsp3) is 0.818. The van der Waals surface area contributed by atoms with Crippen LogP contribution in [0.5, 0.6) is 0 Å². The molecule has 2 fully saturated rings. The van der Waals surface area contributed by atoms with Gasteiger partial charge in [0.05, 0.1) is 0 Å². The van der Waals surface area contributed by atoms with Crippen LogP contribution in [-0.4, -0.2) is 0 Å². The first-order valence-corrected chi connectivity index (χ1v) is 9.94. The third-order valence-corrected chi connectivity index (χ3v) is 7.09. The van der Waals surface area contributed by atoms with Gasteiger partial charge in [-0.2, -0.15) is 0 Å². The van der Waals surface area contributed by atoms with E-state index in [2.05, 4.69) is 45.9 Å². The van der Waals surface area contributed by atoms with Gasteiger partial charge in [0.2, 0.25) is 0 Å². The molecule has 0 aromatic carbocycles. The maximum Gasteiger partial charge on any atom is -0.0174 e. The Kier molecular flexibility index (Phi) is 5.15. The molecule has 0 radical (unpaired) electrons.